The molecular weight excluding hydrogens is 178 g/mol. The molecule has 0 saturated heterocycles. The van der Waals surface area contributed by atoms with E-state index in [2.05, 4.69) is 16.0 Å². The number of nitrogens with two attached hydrogens (primary N) is 2. The normalized spacial score (nSPS) is 14.4. The molecule has 0 amide bonds. The first-order valence-electron chi connectivity index (χ1n) is 5.15. The Morgan fingerprint density at radius 2 is 1.79 bits per heavy atom. The van der Waals surface area contributed by atoms with E-state index in [4.69, 9.17) is 11.5 Å². The summed E-state index contributed by atoms with van der Waals surface area (Å²) in [7, 11) is 5.74. The lowest BCUT2D eigenvalue weighted by Gasteiger charge is -2.35. The van der Waals surface area contributed by atoms with E-state index >= 15 is 0 Å². The minimum Gasteiger partial charge on any atom is -0.330 e. The first-order chi connectivity index (χ1) is 6.64. The Hall–Kier alpha value is -0.200. The van der Waals surface area contributed by atoms with E-state index in [1.54, 1.807) is 0 Å². The van der Waals surface area contributed by atoms with E-state index in [0.29, 0.717) is 6.54 Å². The van der Waals surface area contributed by atoms with Crippen LogP contribution >= 0.6 is 0 Å². The molecule has 0 fully saturated rings. The van der Waals surface area contributed by atoms with Crippen LogP contribution in [0.3, 0.4) is 0 Å². The van der Waals surface area contributed by atoms with Crippen LogP contribution in [0.2, 0.25) is 0 Å². The van der Waals surface area contributed by atoms with Crippen molar-refractivity contribution < 1.29 is 0 Å². The van der Waals surface area contributed by atoms with Gasteiger partial charge < -0.3 is 27.4 Å². The Morgan fingerprint density at radius 3 is 2.14 bits per heavy atom. The van der Waals surface area contributed by atoms with Crippen molar-refractivity contribution in [3.8, 4) is 0 Å². The zero-order chi connectivity index (χ0) is 11.0. The smallest absolute Gasteiger partial charge is 0.0710 e. The molecular formula is C9H25N5. The summed E-state index contributed by atoms with van der Waals surface area (Å²) in [6.45, 7) is 0.708. The zero-order valence-corrected chi connectivity index (χ0v) is 9.56. The summed E-state index contributed by atoms with van der Waals surface area (Å²) >= 11 is 0. The summed E-state index contributed by atoms with van der Waals surface area (Å²) in [4.78, 5) is 0. The molecule has 0 aliphatic rings. The van der Waals surface area contributed by atoms with Gasteiger partial charge in [-0.3, -0.25) is 0 Å². The Labute approximate surface area is 87.0 Å². The third-order valence-electron chi connectivity index (χ3n) is 2.70. The minimum atomic E-state index is -0.109. The summed E-state index contributed by atoms with van der Waals surface area (Å²) in [5, 5.41) is 9.59. The SMILES string of the molecule is CNC(N)CC(CCCN)(NC)NC. The highest BCUT2D eigenvalue weighted by Gasteiger charge is 2.27. The maximum absolute atomic E-state index is 5.86. The van der Waals surface area contributed by atoms with Crippen LogP contribution in [0.1, 0.15) is 19.3 Å². The fraction of sp³-hybridized carbons (Fsp3) is 1.00. The quantitative estimate of drug-likeness (QED) is 0.318. The van der Waals surface area contributed by atoms with Crippen molar-refractivity contribution in [2.45, 2.75) is 31.1 Å². The molecule has 5 nitrogen and oxygen atoms in total. The molecule has 0 spiro atoms. The van der Waals surface area contributed by atoms with Gasteiger partial charge in [0.2, 0.25) is 0 Å². The van der Waals surface area contributed by atoms with Gasteiger partial charge in [-0.15, -0.1) is 0 Å². The monoisotopic (exact) mass is 203 g/mol. The van der Waals surface area contributed by atoms with Crippen LogP contribution in [-0.4, -0.2) is 39.5 Å². The second-order valence-corrected chi connectivity index (χ2v) is 3.57. The lowest BCUT2D eigenvalue weighted by atomic mass is 9.98. The zero-order valence-electron chi connectivity index (χ0n) is 9.56. The molecule has 14 heavy (non-hydrogen) atoms. The lowest BCUT2D eigenvalue weighted by molar-refractivity contribution is 0.223. The first-order valence-corrected chi connectivity index (χ1v) is 5.15. The molecule has 0 bridgehead atoms. The van der Waals surface area contributed by atoms with Gasteiger partial charge in [-0.05, 0) is 40.5 Å². The molecule has 0 heterocycles. The van der Waals surface area contributed by atoms with Crippen molar-refractivity contribution in [1.29, 1.82) is 0 Å². The van der Waals surface area contributed by atoms with Gasteiger partial charge in [-0.1, -0.05) is 0 Å². The largest absolute Gasteiger partial charge is 0.330 e. The van der Waals surface area contributed by atoms with Crippen LogP contribution in [-0.2, 0) is 0 Å². The van der Waals surface area contributed by atoms with Crippen molar-refractivity contribution in [2.24, 2.45) is 11.5 Å². The topological polar surface area (TPSA) is 88.1 Å². The molecule has 0 rings (SSSR count). The molecule has 0 aromatic rings. The van der Waals surface area contributed by atoms with Gasteiger partial charge in [-0.2, -0.15) is 0 Å². The second kappa shape index (κ2) is 7.14. The highest BCUT2D eigenvalue weighted by Crippen LogP contribution is 2.13. The molecule has 1 atom stereocenters. The minimum absolute atomic E-state index is 0.00678. The third-order valence-corrected chi connectivity index (χ3v) is 2.70. The van der Waals surface area contributed by atoms with Crippen LogP contribution < -0.4 is 27.4 Å². The summed E-state index contributed by atoms with van der Waals surface area (Å²) in [5.74, 6) is 0. The summed E-state index contributed by atoms with van der Waals surface area (Å²) in [6.07, 6.45) is 2.79. The van der Waals surface area contributed by atoms with Crippen molar-refractivity contribution in [3.63, 3.8) is 0 Å². The fourth-order valence-electron chi connectivity index (χ4n) is 1.56. The molecule has 0 aromatic carbocycles. The molecule has 0 aliphatic heterocycles. The number of rotatable bonds is 8. The fourth-order valence-corrected chi connectivity index (χ4v) is 1.56. The van der Waals surface area contributed by atoms with Gasteiger partial charge in [0, 0.05) is 6.42 Å². The number of hydrogen-bond acceptors (Lipinski definition) is 5. The average Bonchev–Trinajstić information content (AvgIpc) is 2.24. The van der Waals surface area contributed by atoms with Gasteiger partial charge in [0.1, 0.15) is 0 Å². The highest BCUT2D eigenvalue weighted by molar-refractivity contribution is 4.85. The number of nitrogens with one attached hydrogen (secondary N) is 3. The molecule has 5 heteroatoms. The van der Waals surface area contributed by atoms with E-state index in [-0.39, 0.29) is 11.8 Å². The van der Waals surface area contributed by atoms with E-state index in [1.807, 2.05) is 21.1 Å². The molecule has 7 N–H and O–H groups in total. The molecule has 0 radical (unpaired) electrons. The Balaban J connectivity index is 4.20. The number of hydrogen-bond donors (Lipinski definition) is 5. The van der Waals surface area contributed by atoms with E-state index in [0.717, 1.165) is 19.3 Å². The van der Waals surface area contributed by atoms with Crippen molar-refractivity contribution in [2.75, 3.05) is 27.7 Å². The van der Waals surface area contributed by atoms with E-state index < -0.39 is 0 Å². The van der Waals surface area contributed by atoms with Crippen LogP contribution in [0.5, 0.6) is 0 Å². The Morgan fingerprint density at radius 1 is 1.21 bits per heavy atom. The third kappa shape index (κ3) is 4.34. The van der Waals surface area contributed by atoms with Gasteiger partial charge in [-0.25, -0.2) is 0 Å². The van der Waals surface area contributed by atoms with Crippen molar-refractivity contribution >= 4 is 0 Å². The molecule has 0 saturated carbocycles. The van der Waals surface area contributed by atoms with E-state index in [1.165, 1.54) is 0 Å². The van der Waals surface area contributed by atoms with Gasteiger partial charge in [0.05, 0.1) is 11.8 Å². The predicted octanol–water partition coefficient (Wildman–Crippen LogP) is -1.25. The second-order valence-electron chi connectivity index (χ2n) is 3.57. The standard InChI is InChI=1S/C9H25N5/c1-12-8(11)7-9(13-2,14-3)5-4-6-10/h8,12-14H,4-7,10-11H2,1-3H3. The van der Waals surface area contributed by atoms with Gasteiger partial charge >= 0.3 is 0 Å². The lowest BCUT2D eigenvalue weighted by Crippen LogP contribution is -2.58. The maximum Gasteiger partial charge on any atom is 0.0710 e. The van der Waals surface area contributed by atoms with Gasteiger partial charge in [0.25, 0.3) is 0 Å². The summed E-state index contributed by atoms with van der Waals surface area (Å²) in [5.41, 5.74) is 11.3. The summed E-state index contributed by atoms with van der Waals surface area (Å²) in [6, 6.07) is 0. The van der Waals surface area contributed by atoms with Crippen LogP contribution in [0.15, 0.2) is 0 Å². The maximum atomic E-state index is 5.86. The average molecular weight is 203 g/mol. The predicted molar refractivity (Wildman–Crippen MR) is 60.8 cm³/mol. The van der Waals surface area contributed by atoms with Gasteiger partial charge in [0.15, 0.2) is 0 Å². The Kier molecular flexibility index (Phi) is 7.04. The Bertz CT molecular complexity index is 135. The molecule has 0 aliphatic carbocycles. The van der Waals surface area contributed by atoms with Crippen LogP contribution in [0.25, 0.3) is 0 Å². The molecule has 0 aromatic heterocycles. The van der Waals surface area contributed by atoms with Crippen molar-refractivity contribution in [3.05, 3.63) is 0 Å². The van der Waals surface area contributed by atoms with Crippen LogP contribution in [0.4, 0.5) is 0 Å². The first kappa shape index (κ1) is 13.8. The van der Waals surface area contributed by atoms with Crippen LogP contribution in [0, 0.1) is 0 Å². The summed E-state index contributed by atoms with van der Waals surface area (Å²) < 4.78 is 0. The molecule has 86 valence electrons. The molecule has 1 unspecified atom stereocenters. The van der Waals surface area contributed by atoms with Crippen molar-refractivity contribution in [1.82, 2.24) is 16.0 Å². The van der Waals surface area contributed by atoms with E-state index in [9.17, 15) is 0 Å². The highest BCUT2D eigenvalue weighted by atomic mass is 15.2.